The molecule has 1 amide bonds. The number of unbranched alkanes of at least 4 members (excludes halogenated alkanes) is 2. The Bertz CT molecular complexity index is 662. The molecule has 0 saturated carbocycles. The van der Waals surface area contributed by atoms with Crippen LogP contribution in [-0.2, 0) is 0 Å². The lowest BCUT2D eigenvalue weighted by Crippen LogP contribution is -2.26. The van der Waals surface area contributed by atoms with E-state index in [4.69, 9.17) is 16.7 Å². The van der Waals surface area contributed by atoms with Crippen LogP contribution in [0.4, 0.5) is 11.4 Å². The maximum Gasteiger partial charge on any atom is 0.258 e. The SMILES string of the molecule is CN(C(=O)c1ccc(Cl)c(NCCCCCO)c1)c1ccccc1. The van der Waals surface area contributed by atoms with Crippen LogP contribution in [0, 0.1) is 0 Å². The largest absolute Gasteiger partial charge is 0.396 e. The molecule has 0 bridgehead atoms. The molecule has 5 heteroatoms. The van der Waals surface area contributed by atoms with Gasteiger partial charge in [0, 0.05) is 31.5 Å². The van der Waals surface area contributed by atoms with Gasteiger partial charge in [0.25, 0.3) is 5.91 Å². The van der Waals surface area contributed by atoms with E-state index in [1.807, 2.05) is 30.3 Å². The molecule has 0 atom stereocenters. The first kappa shape index (κ1) is 18.3. The third kappa shape index (κ3) is 4.98. The summed E-state index contributed by atoms with van der Waals surface area (Å²) in [5, 5.41) is 12.6. The summed E-state index contributed by atoms with van der Waals surface area (Å²) in [4.78, 5) is 14.3. The number of nitrogens with one attached hydrogen (secondary N) is 1. The van der Waals surface area contributed by atoms with Gasteiger partial charge in [-0.1, -0.05) is 29.8 Å². The maximum atomic E-state index is 12.7. The highest BCUT2D eigenvalue weighted by Crippen LogP contribution is 2.25. The Labute approximate surface area is 148 Å². The highest BCUT2D eigenvalue weighted by atomic mass is 35.5. The first-order chi connectivity index (χ1) is 11.6. The topological polar surface area (TPSA) is 52.6 Å². The molecule has 0 fully saturated rings. The third-order valence-corrected chi connectivity index (χ3v) is 4.14. The van der Waals surface area contributed by atoms with Crippen LogP contribution >= 0.6 is 11.6 Å². The molecule has 2 aromatic rings. The predicted molar refractivity (Wildman–Crippen MR) is 100 cm³/mol. The van der Waals surface area contributed by atoms with Crippen LogP contribution in [0.5, 0.6) is 0 Å². The summed E-state index contributed by atoms with van der Waals surface area (Å²) in [6, 6.07) is 14.8. The van der Waals surface area contributed by atoms with Crippen LogP contribution in [-0.4, -0.2) is 31.2 Å². The molecule has 2 rings (SSSR count). The van der Waals surface area contributed by atoms with Crippen LogP contribution in [0.1, 0.15) is 29.6 Å². The molecule has 2 aromatic carbocycles. The zero-order chi connectivity index (χ0) is 17.4. The molecule has 0 radical (unpaired) electrons. The Morgan fingerprint density at radius 3 is 2.58 bits per heavy atom. The van der Waals surface area contributed by atoms with E-state index in [9.17, 15) is 4.79 Å². The number of para-hydroxylation sites is 1. The lowest BCUT2D eigenvalue weighted by atomic mass is 10.1. The predicted octanol–water partition coefficient (Wildman–Crippen LogP) is 4.19. The van der Waals surface area contributed by atoms with Crippen molar-refractivity contribution in [2.75, 3.05) is 30.4 Å². The van der Waals surface area contributed by atoms with Crippen molar-refractivity contribution in [1.29, 1.82) is 0 Å². The van der Waals surface area contributed by atoms with Gasteiger partial charge in [-0.15, -0.1) is 0 Å². The van der Waals surface area contributed by atoms with Crippen molar-refractivity contribution < 1.29 is 9.90 Å². The smallest absolute Gasteiger partial charge is 0.258 e. The average molecular weight is 347 g/mol. The number of benzene rings is 2. The van der Waals surface area contributed by atoms with Gasteiger partial charge in [-0.3, -0.25) is 4.79 Å². The van der Waals surface area contributed by atoms with Crippen molar-refractivity contribution in [3.8, 4) is 0 Å². The van der Waals surface area contributed by atoms with Gasteiger partial charge in [-0.25, -0.2) is 0 Å². The van der Waals surface area contributed by atoms with Gasteiger partial charge in [0.05, 0.1) is 10.7 Å². The Hall–Kier alpha value is -2.04. The van der Waals surface area contributed by atoms with E-state index in [1.165, 1.54) is 0 Å². The minimum atomic E-state index is -0.0822. The molecular formula is C19H23ClN2O2. The van der Waals surface area contributed by atoms with E-state index < -0.39 is 0 Å². The minimum Gasteiger partial charge on any atom is -0.396 e. The summed E-state index contributed by atoms with van der Waals surface area (Å²) in [6.45, 7) is 0.975. The highest BCUT2D eigenvalue weighted by molar-refractivity contribution is 6.33. The third-order valence-electron chi connectivity index (χ3n) is 3.81. The van der Waals surface area contributed by atoms with E-state index in [-0.39, 0.29) is 12.5 Å². The summed E-state index contributed by atoms with van der Waals surface area (Å²) in [7, 11) is 1.76. The molecule has 0 aliphatic carbocycles. The van der Waals surface area contributed by atoms with Gasteiger partial charge in [0.15, 0.2) is 0 Å². The van der Waals surface area contributed by atoms with E-state index in [1.54, 1.807) is 30.1 Å². The van der Waals surface area contributed by atoms with Crippen LogP contribution in [0.15, 0.2) is 48.5 Å². The standard InChI is InChI=1S/C19H23ClN2O2/c1-22(16-8-4-2-5-9-16)19(24)15-10-11-17(20)18(14-15)21-12-6-3-7-13-23/h2,4-5,8-11,14,21,23H,3,6-7,12-13H2,1H3. The van der Waals surface area contributed by atoms with E-state index in [0.29, 0.717) is 10.6 Å². The molecule has 0 saturated heterocycles. The van der Waals surface area contributed by atoms with Crippen molar-refractivity contribution in [3.63, 3.8) is 0 Å². The van der Waals surface area contributed by atoms with E-state index in [0.717, 1.165) is 37.2 Å². The number of rotatable bonds is 8. The lowest BCUT2D eigenvalue weighted by molar-refractivity contribution is 0.0993. The number of amides is 1. The molecule has 0 aromatic heterocycles. The number of carbonyl (C=O) groups excluding carboxylic acids is 1. The number of aliphatic hydroxyl groups excluding tert-OH is 1. The second kappa shape index (κ2) is 9.30. The fourth-order valence-corrected chi connectivity index (χ4v) is 2.58. The quantitative estimate of drug-likeness (QED) is 0.705. The van der Waals surface area contributed by atoms with Crippen molar-refractivity contribution in [1.82, 2.24) is 0 Å². The van der Waals surface area contributed by atoms with Crippen molar-refractivity contribution >= 4 is 28.9 Å². The number of hydrogen-bond acceptors (Lipinski definition) is 3. The number of anilines is 2. The van der Waals surface area contributed by atoms with Gasteiger partial charge in [0.1, 0.15) is 0 Å². The van der Waals surface area contributed by atoms with Gasteiger partial charge in [-0.05, 0) is 49.6 Å². The number of aliphatic hydroxyl groups is 1. The number of halogens is 1. The molecule has 0 heterocycles. The molecule has 0 unspecified atom stereocenters. The first-order valence-electron chi connectivity index (χ1n) is 8.11. The lowest BCUT2D eigenvalue weighted by Gasteiger charge is -2.18. The van der Waals surface area contributed by atoms with Crippen molar-refractivity contribution in [2.45, 2.75) is 19.3 Å². The van der Waals surface area contributed by atoms with E-state index >= 15 is 0 Å². The fourth-order valence-electron chi connectivity index (χ4n) is 2.39. The number of hydrogen-bond donors (Lipinski definition) is 2. The number of nitrogens with zero attached hydrogens (tertiary/aromatic N) is 1. The van der Waals surface area contributed by atoms with Gasteiger partial charge < -0.3 is 15.3 Å². The summed E-state index contributed by atoms with van der Waals surface area (Å²) < 4.78 is 0. The second-order valence-corrected chi connectivity index (χ2v) is 6.01. The van der Waals surface area contributed by atoms with Crippen LogP contribution in [0.25, 0.3) is 0 Å². The second-order valence-electron chi connectivity index (χ2n) is 5.61. The monoisotopic (exact) mass is 346 g/mol. The summed E-state index contributed by atoms with van der Waals surface area (Å²) in [5.74, 6) is -0.0822. The Morgan fingerprint density at radius 2 is 1.88 bits per heavy atom. The van der Waals surface area contributed by atoms with Crippen molar-refractivity contribution in [3.05, 3.63) is 59.1 Å². The van der Waals surface area contributed by atoms with Gasteiger partial charge in [-0.2, -0.15) is 0 Å². The Balaban J connectivity index is 2.05. The van der Waals surface area contributed by atoms with E-state index in [2.05, 4.69) is 5.32 Å². The maximum absolute atomic E-state index is 12.7. The zero-order valence-corrected chi connectivity index (χ0v) is 14.6. The number of carbonyl (C=O) groups is 1. The van der Waals surface area contributed by atoms with Crippen molar-refractivity contribution in [2.24, 2.45) is 0 Å². The molecule has 24 heavy (non-hydrogen) atoms. The Kier molecular flexibility index (Phi) is 7.09. The minimum absolute atomic E-state index is 0.0822. The van der Waals surface area contributed by atoms with Crippen LogP contribution < -0.4 is 10.2 Å². The molecule has 0 aliphatic rings. The molecule has 0 spiro atoms. The first-order valence-corrected chi connectivity index (χ1v) is 8.48. The van der Waals surface area contributed by atoms with Crippen LogP contribution in [0.2, 0.25) is 5.02 Å². The summed E-state index contributed by atoms with van der Waals surface area (Å²) in [6.07, 6.45) is 2.70. The molecule has 4 nitrogen and oxygen atoms in total. The summed E-state index contributed by atoms with van der Waals surface area (Å²) >= 11 is 6.21. The van der Waals surface area contributed by atoms with Crippen LogP contribution in [0.3, 0.4) is 0 Å². The average Bonchev–Trinajstić information content (AvgIpc) is 2.62. The Morgan fingerprint density at radius 1 is 1.12 bits per heavy atom. The molecule has 0 aliphatic heterocycles. The molecule has 128 valence electrons. The normalized spacial score (nSPS) is 10.5. The molecule has 2 N–H and O–H groups in total. The summed E-state index contributed by atoms with van der Waals surface area (Å²) in [5.41, 5.74) is 2.19. The fraction of sp³-hybridized carbons (Fsp3) is 0.316. The zero-order valence-electron chi connectivity index (χ0n) is 13.8. The van der Waals surface area contributed by atoms with Gasteiger partial charge >= 0.3 is 0 Å². The van der Waals surface area contributed by atoms with Gasteiger partial charge in [0.2, 0.25) is 0 Å². The molecular weight excluding hydrogens is 324 g/mol. The highest BCUT2D eigenvalue weighted by Gasteiger charge is 2.14.